The SMILES string of the molecule is Cc1occc1CN(C)S(=O)(=O)c1cn[nH]c1. The van der Waals surface area contributed by atoms with Gasteiger partial charge in [0.1, 0.15) is 10.7 Å². The van der Waals surface area contributed by atoms with Gasteiger partial charge in [0.2, 0.25) is 10.0 Å². The molecule has 0 radical (unpaired) electrons. The lowest BCUT2D eigenvalue weighted by Gasteiger charge is -2.15. The van der Waals surface area contributed by atoms with Gasteiger partial charge in [0, 0.05) is 25.4 Å². The summed E-state index contributed by atoms with van der Waals surface area (Å²) >= 11 is 0. The number of H-pyrrole nitrogens is 1. The molecule has 2 rings (SSSR count). The molecule has 6 nitrogen and oxygen atoms in total. The summed E-state index contributed by atoms with van der Waals surface area (Å²) in [6.07, 6.45) is 4.19. The summed E-state index contributed by atoms with van der Waals surface area (Å²) < 4.78 is 30.5. The van der Waals surface area contributed by atoms with Crippen molar-refractivity contribution in [1.82, 2.24) is 14.5 Å². The summed E-state index contributed by atoms with van der Waals surface area (Å²) in [6.45, 7) is 2.07. The molecule has 0 aliphatic carbocycles. The van der Waals surface area contributed by atoms with E-state index in [1.165, 1.54) is 23.7 Å². The summed E-state index contributed by atoms with van der Waals surface area (Å²) in [5, 5.41) is 6.12. The molecule has 2 heterocycles. The van der Waals surface area contributed by atoms with Gasteiger partial charge in [0.25, 0.3) is 0 Å². The molecule has 92 valence electrons. The molecular formula is C10H13N3O3S. The maximum Gasteiger partial charge on any atom is 0.246 e. The number of nitrogens with zero attached hydrogens (tertiary/aromatic N) is 2. The molecule has 0 aliphatic heterocycles. The predicted octanol–water partition coefficient (Wildman–Crippen LogP) is 1.13. The van der Waals surface area contributed by atoms with Gasteiger partial charge in [0.15, 0.2) is 0 Å². The first kappa shape index (κ1) is 11.9. The maximum atomic E-state index is 12.1. The number of aryl methyl sites for hydroxylation is 1. The Bertz CT molecular complexity index is 586. The van der Waals surface area contributed by atoms with Gasteiger partial charge in [-0.3, -0.25) is 5.10 Å². The van der Waals surface area contributed by atoms with Crippen LogP contribution in [0, 0.1) is 6.92 Å². The van der Waals surface area contributed by atoms with Crippen LogP contribution in [0.1, 0.15) is 11.3 Å². The number of aromatic nitrogens is 2. The molecule has 0 atom stereocenters. The van der Waals surface area contributed by atoms with E-state index in [4.69, 9.17) is 4.42 Å². The van der Waals surface area contributed by atoms with Crippen molar-refractivity contribution in [2.45, 2.75) is 18.4 Å². The number of hydrogen-bond acceptors (Lipinski definition) is 4. The summed E-state index contributed by atoms with van der Waals surface area (Å²) in [6, 6.07) is 1.76. The van der Waals surface area contributed by atoms with Gasteiger partial charge in [-0.1, -0.05) is 0 Å². The van der Waals surface area contributed by atoms with Crippen LogP contribution in [0.15, 0.2) is 34.0 Å². The minimum Gasteiger partial charge on any atom is -0.469 e. The first-order chi connectivity index (χ1) is 8.01. The fourth-order valence-electron chi connectivity index (χ4n) is 1.46. The Morgan fingerprint density at radius 2 is 2.29 bits per heavy atom. The summed E-state index contributed by atoms with van der Waals surface area (Å²) in [7, 11) is -1.97. The summed E-state index contributed by atoms with van der Waals surface area (Å²) in [4.78, 5) is 0.154. The third kappa shape index (κ3) is 2.25. The van der Waals surface area contributed by atoms with Crippen LogP contribution < -0.4 is 0 Å². The fraction of sp³-hybridized carbons (Fsp3) is 0.300. The molecule has 0 aromatic carbocycles. The van der Waals surface area contributed by atoms with Gasteiger partial charge < -0.3 is 4.42 Å². The van der Waals surface area contributed by atoms with E-state index in [9.17, 15) is 8.42 Å². The van der Waals surface area contributed by atoms with E-state index in [0.29, 0.717) is 0 Å². The van der Waals surface area contributed by atoms with E-state index in [0.717, 1.165) is 11.3 Å². The smallest absolute Gasteiger partial charge is 0.246 e. The zero-order valence-corrected chi connectivity index (χ0v) is 10.4. The second kappa shape index (κ2) is 4.34. The number of rotatable bonds is 4. The van der Waals surface area contributed by atoms with E-state index >= 15 is 0 Å². The Kier molecular flexibility index (Phi) is 3.03. The monoisotopic (exact) mass is 255 g/mol. The second-order valence-corrected chi connectivity index (χ2v) is 5.74. The standard InChI is InChI=1S/C10H13N3O3S/c1-8-9(3-4-16-8)7-13(2)17(14,15)10-5-11-12-6-10/h3-6H,7H2,1-2H3,(H,11,12). The molecule has 2 aromatic heterocycles. The lowest BCUT2D eigenvalue weighted by atomic mass is 10.3. The van der Waals surface area contributed by atoms with Crippen LogP contribution >= 0.6 is 0 Å². The number of hydrogen-bond donors (Lipinski definition) is 1. The van der Waals surface area contributed by atoms with E-state index in [-0.39, 0.29) is 11.4 Å². The van der Waals surface area contributed by atoms with Crippen molar-refractivity contribution in [2.24, 2.45) is 0 Å². The van der Waals surface area contributed by atoms with Crippen LogP contribution in [0.4, 0.5) is 0 Å². The first-order valence-corrected chi connectivity index (χ1v) is 6.44. The lowest BCUT2D eigenvalue weighted by Crippen LogP contribution is -2.26. The topological polar surface area (TPSA) is 79.2 Å². The van der Waals surface area contributed by atoms with Crippen molar-refractivity contribution in [2.75, 3.05) is 7.05 Å². The highest BCUT2D eigenvalue weighted by Gasteiger charge is 2.22. The molecule has 0 saturated heterocycles. The largest absolute Gasteiger partial charge is 0.469 e. The highest BCUT2D eigenvalue weighted by atomic mass is 32.2. The molecule has 0 fully saturated rings. The molecule has 1 N–H and O–H groups in total. The number of sulfonamides is 1. The maximum absolute atomic E-state index is 12.1. The third-order valence-electron chi connectivity index (χ3n) is 2.54. The van der Waals surface area contributed by atoms with Crippen LogP contribution in [-0.4, -0.2) is 30.0 Å². The van der Waals surface area contributed by atoms with Crippen molar-refractivity contribution in [1.29, 1.82) is 0 Å². The van der Waals surface area contributed by atoms with Crippen LogP contribution in [0.2, 0.25) is 0 Å². The van der Waals surface area contributed by atoms with E-state index in [1.807, 2.05) is 0 Å². The Balaban J connectivity index is 2.22. The predicted molar refractivity (Wildman–Crippen MR) is 60.7 cm³/mol. The molecular weight excluding hydrogens is 242 g/mol. The Hall–Kier alpha value is -1.60. The van der Waals surface area contributed by atoms with Crippen LogP contribution in [0.3, 0.4) is 0 Å². The van der Waals surface area contributed by atoms with Gasteiger partial charge in [0.05, 0.1) is 12.5 Å². The quantitative estimate of drug-likeness (QED) is 0.888. The number of furan rings is 1. The molecule has 2 aromatic rings. The number of aromatic amines is 1. The Morgan fingerprint density at radius 3 is 2.82 bits per heavy atom. The van der Waals surface area contributed by atoms with Crippen molar-refractivity contribution >= 4 is 10.0 Å². The minimum atomic E-state index is -3.49. The molecule has 17 heavy (non-hydrogen) atoms. The van der Waals surface area contributed by atoms with E-state index < -0.39 is 10.0 Å². The van der Waals surface area contributed by atoms with E-state index in [1.54, 1.807) is 19.3 Å². The molecule has 0 unspecified atom stereocenters. The highest BCUT2D eigenvalue weighted by molar-refractivity contribution is 7.89. The molecule has 0 amide bonds. The van der Waals surface area contributed by atoms with Crippen molar-refractivity contribution in [3.63, 3.8) is 0 Å². The van der Waals surface area contributed by atoms with Gasteiger partial charge in [-0.15, -0.1) is 0 Å². The van der Waals surface area contributed by atoms with Crippen LogP contribution in [0.25, 0.3) is 0 Å². The van der Waals surface area contributed by atoms with Crippen LogP contribution in [0.5, 0.6) is 0 Å². The van der Waals surface area contributed by atoms with Gasteiger partial charge in [-0.2, -0.15) is 9.40 Å². The van der Waals surface area contributed by atoms with Gasteiger partial charge in [-0.05, 0) is 13.0 Å². The van der Waals surface area contributed by atoms with Crippen molar-refractivity contribution in [3.8, 4) is 0 Å². The Morgan fingerprint density at radius 1 is 1.53 bits per heavy atom. The lowest BCUT2D eigenvalue weighted by molar-refractivity contribution is 0.459. The first-order valence-electron chi connectivity index (χ1n) is 5.00. The van der Waals surface area contributed by atoms with E-state index in [2.05, 4.69) is 10.2 Å². The normalized spacial score (nSPS) is 12.2. The van der Waals surface area contributed by atoms with Crippen LogP contribution in [-0.2, 0) is 16.6 Å². The summed E-state index contributed by atoms with van der Waals surface area (Å²) in [5.74, 6) is 0.722. The third-order valence-corrected chi connectivity index (χ3v) is 4.31. The molecule has 0 spiro atoms. The minimum absolute atomic E-state index is 0.154. The molecule has 0 aliphatic rings. The average molecular weight is 255 g/mol. The molecule has 0 saturated carbocycles. The fourth-order valence-corrected chi connectivity index (χ4v) is 2.52. The second-order valence-electron chi connectivity index (χ2n) is 3.70. The van der Waals surface area contributed by atoms with Gasteiger partial charge in [-0.25, -0.2) is 8.42 Å². The zero-order chi connectivity index (χ0) is 12.5. The molecule has 7 heteroatoms. The Labute approximate surface area is 99.3 Å². The highest BCUT2D eigenvalue weighted by Crippen LogP contribution is 2.17. The number of nitrogens with one attached hydrogen (secondary N) is 1. The van der Waals surface area contributed by atoms with Crippen molar-refractivity contribution < 1.29 is 12.8 Å². The van der Waals surface area contributed by atoms with Gasteiger partial charge >= 0.3 is 0 Å². The van der Waals surface area contributed by atoms with Crippen molar-refractivity contribution in [3.05, 3.63) is 36.0 Å². The molecule has 0 bridgehead atoms. The zero-order valence-electron chi connectivity index (χ0n) is 9.54. The summed E-state index contributed by atoms with van der Waals surface area (Å²) in [5.41, 5.74) is 0.847. The average Bonchev–Trinajstić information content (AvgIpc) is 2.90.